The van der Waals surface area contributed by atoms with Crippen molar-refractivity contribution in [3.8, 4) is 11.5 Å². The van der Waals surface area contributed by atoms with E-state index in [1.807, 2.05) is 6.08 Å². The Kier molecular flexibility index (Phi) is 6.62. The lowest BCUT2D eigenvalue weighted by atomic mass is 9.68. The monoisotopic (exact) mass is 487 g/mol. The maximum atomic E-state index is 10.3. The van der Waals surface area contributed by atoms with E-state index in [1.54, 1.807) is 7.11 Å². The van der Waals surface area contributed by atoms with Crippen LogP contribution in [0.1, 0.15) is 42.5 Å². The maximum absolute atomic E-state index is 10.3. The zero-order valence-electron chi connectivity index (χ0n) is 17.9. The van der Waals surface area contributed by atoms with Gasteiger partial charge >= 0.3 is 0 Å². The van der Waals surface area contributed by atoms with E-state index >= 15 is 0 Å². The first kappa shape index (κ1) is 23.8. The van der Waals surface area contributed by atoms with Crippen LogP contribution in [-0.4, -0.2) is 42.5 Å². The van der Waals surface area contributed by atoms with Crippen molar-refractivity contribution in [1.29, 1.82) is 0 Å². The fraction of sp³-hybridized carbons (Fsp3) is 0.462. The minimum Gasteiger partial charge on any atom is -1.00 e. The molecule has 0 aromatic heterocycles. The molecule has 1 spiro atoms. The van der Waals surface area contributed by atoms with Crippen LogP contribution in [0.15, 0.2) is 48.6 Å². The molecule has 1 aliphatic carbocycles. The molecule has 2 heterocycles. The molecule has 4 atom stereocenters. The summed E-state index contributed by atoms with van der Waals surface area (Å²) in [5.41, 5.74) is 5.16. The molecule has 0 amide bonds. The van der Waals surface area contributed by atoms with Crippen LogP contribution >= 0.6 is 0 Å². The van der Waals surface area contributed by atoms with E-state index < -0.39 is 6.10 Å². The van der Waals surface area contributed by atoms with Gasteiger partial charge in [-0.15, -0.1) is 0 Å². The highest BCUT2D eigenvalue weighted by Crippen LogP contribution is 2.57. The molecule has 2 aliphatic heterocycles. The van der Waals surface area contributed by atoms with Gasteiger partial charge in [-0.2, -0.15) is 0 Å². The summed E-state index contributed by atoms with van der Waals surface area (Å²) in [6.45, 7) is 5.24. The van der Waals surface area contributed by atoms with Crippen molar-refractivity contribution in [3.63, 3.8) is 0 Å². The highest BCUT2D eigenvalue weighted by atomic mass is 79.9. The number of quaternary nitrogens is 1. The van der Waals surface area contributed by atoms with Gasteiger partial charge in [0.05, 0.1) is 32.2 Å². The van der Waals surface area contributed by atoms with Crippen molar-refractivity contribution in [2.24, 2.45) is 0 Å². The van der Waals surface area contributed by atoms with E-state index in [4.69, 9.17) is 9.47 Å². The number of aryl methyl sites for hydroxylation is 1. The molecule has 0 fully saturated rings. The summed E-state index contributed by atoms with van der Waals surface area (Å²) in [6.07, 6.45) is 5.38. The first-order chi connectivity index (χ1) is 13.9. The van der Waals surface area contributed by atoms with Gasteiger partial charge in [0.25, 0.3) is 0 Å². The number of hydrogen-bond acceptors (Lipinski definition) is 3. The van der Waals surface area contributed by atoms with Crippen molar-refractivity contribution < 1.29 is 36.0 Å². The fourth-order valence-electron chi connectivity index (χ4n) is 5.65. The highest BCUT2D eigenvalue weighted by Gasteiger charge is 2.55. The number of methoxy groups -OCH3 is 1. The second-order valence-corrected chi connectivity index (χ2v) is 9.28. The molecular weight excluding hydrogens is 454 g/mol. The lowest BCUT2D eigenvalue weighted by Crippen LogP contribution is -3.00. The van der Waals surface area contributed by atoms with E-state index in [-0.39, 0.29) is 35.9 Å². The Morgan fingerprint density at radius 1 is 1.26 bits per heavy atom. The van der Waals surface area contributed by atoms with Crippen LogP contribution < -0.4 is 26.5 Å². The Balaban J connectivity index is 0.00000136. The van der Waals surface area contributed by atoms with Gasteiger partial charge in [0.2, 0.25) is 0 Å². The lowest BCUT2D eigenvalue weighted by Gasteiger charge is -2.37. The molecule has 31 heavy (non-hydrogen) atoms. The average molecular weight is 488 g/mol. The van der Waals surface area contributed by atoms with Crippen molar-refractivity contribution >= 4 is 0 Å². The number of ether oxygens (including phenoxy) is 2. The van der Waals surface area contributed by atoms with Gasteiger partial charge in [0.15, 0.2) is 11.5 Å². The minimum atomic E-state index is -0.441. The van der Waals surface area contributed by atoms with E-state index in [0.717, 1.165) is 42.0 Å². The molecule has 5 rings (SSSR count). The Morgan fingerprint density at radius 3 is 2.71 bits per heavy atom. The van der Waals surface area contributed by atoms with Gasteiger partial charge in [-0.05, 0) is 18.6 Å². The summed E-state index contributed by atoms with van der Waals surface area (Å²) in [5, 5.41) is 10.3. The quantitative estimate of drug-likeness (QED) is 0.526. The fourth-order valence-corrected chi connectivity index (χ4v) is 5.65. The van der Waals surface area contributed by atoms with Gasteiger partial charge < -0.3 is 36.0 Å². The SMILES string of the molecule is C.COc1cc(C)c2c3c1OC1C[C@@H](O)C=CC31CC[N+](C)(Cc1ccccc1)C2.[Br-]. The Morgan fingerprint density at radius 2 is 2.00 bits per heavy atom. The third-order valence-electron chi connectivity index (χ3n) is 7.18. The molecule has 3 unspecified atom stereocenters. The zero-order valence-corrected chi connectivity index (χ0v) is 19.5. The van der Waals surface area contributed by atoms with Crippen LogP contribution in [0.4, 0.5) is 0 Å². The van der Waals surface area contributed by atoms with Gasteiger partial charge in [-0.3, -0.25) is 0 Å². The number of aliphatic hydroxyl groups is 1. The van der Waals surface area contributed by atoms with Gasteiger partial charge in [0.1, 0.15) is 19.2 Å². The van der Waals surface area contributed by atoms with Crippen molar-refractivity contribution in [1.82, 2.24) is 0 Å². The van der Waals surface area contributed by atoms with Gasteiger partial charge in [-0.1, -0.05) is 49.9 Å². The number of aliphatic hydroxyl groups excluding tert-OH is 1. The molecule has 2 aromatic carbocycles. The highest BCUT2D eigenvalue weighted by molar-refractivity contribution is 5.63. The first-order valence-electron chi connectivity index (χ1n) is 10.6. The topological polar surface area (TPSA) is 38.7 Å². The summed E-state index contributed by atoms with van der Waals surface area (Å²) < 4.78 is 13.2. The van der Waals surface area contributed by atoms with Crippen LogP contribution in [0, 0.1) is 6.92 Å². The third-order valence-corrected chi connectivity index (χ3v) is 7.18. The van der Waals surface area contributed by atoms with Gasteiger partial charge in [0, 0.05) is 29.5 Å². The standard InChI is InChI=1S/C25H30NO3.CH4.BrH/c1-17-13-21(28-3)24-23-20(17)16-26(2,15-18-7-5-4-6-8-18)12-11-25(23)10-9-19(27)14-22(25)29-24;;/h4-10,13,19,22,27H,11-12,14-16H2,1-3H3;1H4;1H/q+1;;/p-1/t19-,22?,25?,26?;;/m0../s1. The molecule has 1 N–H and O–H groups in total. The number of rotatable bonds is 3. The van der Waals surface area contributed by atoms with E-state index in [0.29, 0.717) is 6.42 Å². The summed E-state index contributed by atoms with van der Waals surface area (Å²) in [7, 11) is 4.09. The molecule has 0 saturated heterocycles. The second-order valence-electron chi connectivity index (χ2n) is 9.28. The average Bonchev–Trinajstić information content (AvgIpc) is 2.97. The summed E-state index contributed by atoms with van der Waals surface area (Å²) in [6, 6.07) is 12.9. The minimum absolute atomic E-state index is 0. The Bertz CT molecular complexity index is 976. The van der Waals surface area contributed by atoms with E-state index in [2.05, 4.69) is 56.4 Å². The van der Waals surface area contributed by atoms with Crippen molar-refractivity contribution in [2.45, 2.75) is 57.9 Å². The predicted molar refractivity (Wildman–Crippen MR) is 120 cm³/mol. The van der Waals surface area contributed by atoms with Crippen LogP contribution in [0.2, 0.25) is 0 Å². The molecule has 0 saturated carbocycles. The second kappa shape index (κ2) is 8.61. The van der Waals surface area contributed by atoms with Gasteiger partial charge in [-0.25, -0.2) is 0 Å². The van der Waals surface area contributed by atoms with Crippen LogP contribution in [-0.2, 0) is 18.5 Å². The van der Waals surface area contributed by atoms with Crippen LogP contribution in [0.5, 0.6) is 11.5 Å². The Labute approximate surface area is 196 Å². The zero-order chi connectivity index (χ0) is 20.2. The van der Waals surface area contributed by atoms with Crippen molar-refractivity contribution in [2.75, 3.05) is 20.7 Å². The number of hydrogen-bond donors (Lipinski definition) is 1. The molecule has 5 heteroatoms. The molecule has 2 aromatic rings. The molecule has 0 radical (unpaired) electrons. The first-order valence-corrected chi connectivity index (χ1v) is 10.6. The molecule has 4 nitrogen and oxygen atoms in total. The number of halogens is 1. The molecular formula is C26H34BrNO3. The predicted octanol–water partition coefficient (Wildman–Crippen LogP) is 1.51. The molecule has 168 valence electrons. The summed E-state index contributed by atoms with van der Waals surface area (Å²) in [5.74, 6) is 1.71. The number of benzene rings is 2. The van der Waals surface area contributed by atoms with E-state index in [9.17, 15) is 5.11 Å². The largest absolute Gasteiger partial charge is 1.00 e. The molecule has 0 bridgehead atoms. The normalized spacial score (nSPS) is 30.1. The Hall–Kier alpha value is -1.82. The van der Waals surface area contributed by atoms with Crippen molar-refractivity contribution in [3.05, 3.63) is 70.8 Å². The molecule has 3 aliphatic rings. The summed E-state index contributed by atoms with van der Waals surface area (Å²) in [4.78, 5) is 0. The third kappa shape index (κ3) is 3.81. The maximum Gasteiger partial charge on any atom is 0.166 e. The van der Waals surface area contributed by atoms with Crippen LogP contribution in [0.25, 0.3) is 0 Å². The summed E-state index contributed by atoms with van der Waals surface area (Å²) >= 11 is 0. The van der Waals surface area contributed by atoms with Crippen LogP contribution in [0.3, 0.4) is 0 Å². The lowest BCUT2D eigenvalue weighted by molar-refractivity contribution is -0.935. The smallest absolute Gasteiger partial charge is 0.166 e. The van der Waals surface area contributed by atoms with E-state index in [1.165, 1.54) is 22.3 Å². The number of nitrogens with zero attached hydrogens (tertiary/aromatic N) is 1.